The van der Waals surface area contributed by atoms with Crippen LogP contribution >= 0.6 is 0 Å². The molecule has 0 radical (unpaired) electrons. The molecule has 4 nitrogen and oxygen atoms in total. The zero-order chi connectivity index (χ0) is 13.7. The second kappa shape index (κ2) is 6.76. The van der Waals surface area contributed by atoms with Crippen LogP contribution in [0, 0.1) is 11.8 Å². The third-order valence-corrected chi connectivity index (χ3v) is 3.60. The van der Waals surface area contributed by atoms with Gasteiger partial charge in [-0.2, -0.15) is 0 Å². The van der Waals surface area contributed by atoms with Gasteiger partial charge in [0.2, 0.25) is 0 Å². The van der Waals surface area contributed by atoms with Gasteiger partial charge in [0, 0.05) is 0 Å². The first-order valence-electron chi connectivity index (χ1n) is 6.92. The van der Waals surface area contributed by atoms with Crippen molar-refractivity contribution in [3.8, 4) is 0 Å². The van der Waals surface area contributed by atoms with E-state index in [-0.39, 0.29) is 29.9 Å². The molecule has 2 unspecified atom stereocenters. The van der Waals surface area contributed by atoms with Crippen molar-refractivity contribution in [3.63, 3.8) is 0 Å². The Balaban J connectivity index is 2.64. The largest absolute Gasteiger partial charge is 0.458 e. The van der Waals surface area contributed by atoms with Crippen LogP contribution < -0.4 is 0 Å². The van der Waals surface area contributed by atoms with Crippen molar-refractivity contribution in [3.05, 3.63) is 0 Å². The lowest BCUT2D eigenvalue weighted by Crippen LogP contribution is -2.33. The normalized spacial score (nSPS) is 28.9. The molecule has 0 N–H and O–H groups in total. The molecule has 4 atom stereocenters. The van der Waals surface area contributed by atoms with E-state index < -0.39 is 6.10 Å². The van der Waals surface area contributed by atoms with E-state index >= 15 is 0 Å². The molecule has 0 spiro atoms. The van der Waals surface area contributed by atoms with E-state index in [4.69, 9.17) is 9.47 Å². The quantitative estimate of drug-likeness (QED) is 0.686. The average molecular weight is 256 g/mol. The Labute approximate surface area is 109 Å². The molecule has 0 aromatic rings. The Morgan fingerprint density at radius 3 is 2.67 bits per heavy atom. The van der Waals surface area contributed by atoms with Crippen LogP contribution in [0.25, 0.3) is 0 Å². The van der Waals surface area contributed by atoms with Crippen molar-refractivity contribution in [2.24, 2.45) is 11.8 Å². The molecule has 1 aliphatic heterocycles. The van der Waals surface area contributed by atoms with Gasteiger partial charge in [0.25, 0.3) is 0 Å². The molecule has 4 heteroatoms. The van der Waals surface area contributed by atoms with Crippen LogP contribution in [0.4, 0.5) is 0 Å². The lowest BCUT2D eigenvalue weighted by molar-refractivity contribution is -0.157. The fourth-order valence-electron chi connectivity index (χ4n) is 2.10. The number of carbonyl (C=O) groups excluding carboxylic acids is 2. The number of unbranched alkanes of at least 4 members (excludes halogenated alkanes) is 1. The summed E-state index contributed by atoms with van der Waals surface area (Å²) in [5, 5.41) is 0. The van der Waals surface area contributed by atoms with Crippen molar-refractivity contribution in [2.75, 3.05) is 0 Å². The highest BCUT2D eigenvalue weighted by atomic mass is 16.6. The molecule has 0 aliphatic carbocycles. The predicted molar refractivity (Wildman–Crippen MR) is 67.9 cm³/mol. The minimum absolute atomic E-state index is 0.125. The molecule has 1 aliphatic rings. The Morgan fingerprint density at radius 1 is 1.44 bits per heavy atom. The van der Waals surface area contributed by atoms with Crippen molar-refractivity contribution >= 4 is 11.9 Å². The van der Waals surface area contributed by atoms with Crippen molar-refractivity contribution < 1.29 is 19.1 Å². The van der Waals surface area contributed by atoms with Gasteiger partial charge in [0.1, 0.15) is 6.10 Å². The molecule has 1 saturated heterocycles. The highest BCUT2D eigenvalue weighted by Crippen LogP contribution is 2.29. The zero-order valence-electron chi connectivity index (χ0n) is 11.8. The average Bonchev–Trinajstić information content (AvgIpc) is 2.60. The SMILES string of the molecule is CCCC[C@H]1C(=O)O[C@@H](C)C1OC(=O)C(C)CC. The lowest BCUT2D eigenvalue weighted by atomic mass is 9.95. The van der Waals surface area contributed by atoms with E-state index in [1.807, 2.05) is 13.8 Å². The number of cyclic esters (lactones) is 1. The van der Waals surface area contributed by atoms with E-state index in [1.165, 1.54) is 0 Å². The summed E-state index contributed by atoms with van der Waals surface area (Å²) in [6.45, 7) is 7.65. The summed E-state index contributed by atoms with van der Waals surface area (Å²) in [5.41, 5.74) is 0. The maximum atomic E-state index is 11.8. The van der Waals surface area contributed by atoms with Gasteiger partial charge in [-0.05, 0) is 19.8 Å². The first-order chi connectivity index (χ1) is 8.51. The van der Waals surface area contributed by atoms with Gasteiger partial charge in [0.05, 0.1) is 11.8 Å². The summed E-state index contributed by atoms with van der Waals surface area (Å²) >= 11 is 0. The Bertz CT molecular complexity index is 300. The molecule has 0 aromatic carbocycles. The fraction of sp³-hybridized carbons (Fsp3) is 0.857. The van der Waals surface area contributed by atoms with E-state index in [2.05, 4.69) is 6.92 Å². The first-order valence-corrected chi connectivity index (χ1v) is 6.92. The second-order valence-electron chi connectivity index (χ2n) is 5.10. The summed E-state index contributed by atoms with van der Waals surface area (Å²) in [5.74, 6) is -0.861. The number of hydrogen-bond donors (Lipinski definition) is 0. The highest BCUT2D eigenvalue weighted by Gasteiger charge is 2.44. The molecular weight excluding hydrogens is 232 g/mol. The number of carbonyl (C=O) groups is 2. The number of esters is 2. The van der Waals surface area contributed by atoms with Gasteiger partial charge in [-0.25, -0.2) is 0 Å². The van der Waals surface area contributed by atoms with E-state index in [1.54, 1.807) is 6.92 Å². The lowest BCUT2D eigenvalue weighted by Gasteiger charge is -2.20. The third-order valence-electron chi connectivity index (χ3n) is 3.60. The minimum atomic E-state index is -0.412. The molecule has 1 rings (SSSR count). The third kappa shape index (κ3) is 3.47. The summed E-state index contributed by atoms with van der Waals surface area (Å²) in [6.07, 6.45) is 2.71. The predicted octanol–water partition coefficient (Wildman–Crippen LogP) is 2.70. The zero-order valence-corrected chi connectivity index (χ0v) is 11.8. The molecule has 0 bridgehead atoms. The summed E-state index contributed by atoms with van der Waals surface area (Å²) < 4.78 is 10.7. The second-order valence-corrected chi connectivity index (χ2v) is 5.10. The van der Waals surface area contributed by atoms with Gasteiger partial charge in [0.15, 0.2) is 6.10 Å². The smallest absolute Gasteiger partial charge is 0.313 e. The molecular formula is C14H24O4. The molecule has 18 heavy (non-hydrogen) atoms. The van der Waals surface area contributed by atoms with Crippen LogP contribution in [0.15, 0.2) is 0 Å². The molecule has 0 aromatic heterocycles. The highest BCUT2D eigenvalue weighted by molar-refractivity contribution is 5.77. The van der Waals surface area contributed by atoms with Crippen LogP contribution in [0.1, 0.15) is 53.4 Å². The van der Waals surface area contributed by atoms with Crippen LogP contribution in [0.2, 0.25) is 0 Å². The van der Waals surface area contributed by atoms with Crippen molar-refractivity contribution in [1.82, 2.24) is 0 Å². The fourth-order valence-corrected chi connectivity index (χ4v) is 2.10. The Kier molecular flexibility index (Phi) is 5.63. The summed E-state index contributed by atoms with van der Waals surface area (Å²) in [6, 6.07) is 0. The topological polar surface area (TPSA) is 52.6 Å². The molecule has 0 saturated carbocycles. The maximum absolute atomic E-state index is 11.8. The molecule has 0 amide bonds. The van der Waals surface area contributed by atoms with Gasteiger partial charge < -0.3 is 9.47 Å². The molecule has 1 fully saturated rings. The van der Waals surface area contributed by atoms with Gasteiger partial charge in [-0.15, -0.1) is 0 Å². The number of rotatable bonds is 6. The van der Waals surface area contributed by atoms with Crippen molar-refractivity contribution in [2.45, 2.75) is 65.6 Å². The first kappa shape index (κ1) is 15.0. The van der Waals surface area contributed by atoms with Crippen LogP contribution in [0.5, 0.6) is 0 Å². The van der Waals surface area contributed by atoms with Crippen LogP contribution in [-0.2, 0) is 19.1 Å². The van der Waals surface area contributed by atoms with Gasteiger partial charge >= 0.3 is 11.9 Å². The molecule has 1 heterocycles. The van der Waals surface area contributed by atoms with E-state index in [9.17, 15) is 9.59 Å². The summed E-state index contributed by atoms with van der Waals surface area (Å²) in [7, 11) is 0. The van der Waals surface area contributed by atoms with Crippen LogP contribution in [0.3, 0.4) is 0 Å². The van der Waals surface area contributed by atoms with Crippen LogP contribution in [-0.4, -0.2) is 24.1 Å². The number of hydrogen-bond acceptors (Lipinski definition) is 4. The monoisotopic (exact) mass is 256 g/mol. The Hall–Kier alpha value is -1.06. The van der Waals surface area contributed by atoms with Gasteiger partial charge in [-0.1, -0.05) is 33.6 Å². The summed E-state index contributed by atoms with van der Waals surface area (Å²) in [4.78, 5) is 23.5. The molecule has 104 valence electrons. The van der Waals surface area contributed by atoms with E-state index in [0.717, 1.165) is 25.7 Å². The minimum Gasteiger partial charge on any atom is -0.458 e. The van der Waals surface area contributed by atoms with E-state index in [0.29, 0.717) is 0 Å². The van der Waals surface area contributed by atoms with Crippen molar-refractivity contribution in [1.29, 1.82) is 0 Å². The number of ether oxygens (including phenoxy) is 2. The van der Waals surface area contributed by atoms with Gasteiger partial charge in [-0.3, -0.25) is 9.59 Å². The Morgan fingerprint density at radius 2 is 2.11 bits per heavy atom. The standard InChI is InChI=1S/C14H24O4/c1-5-7-8-11-12(10(4)17-14(11)16)18-13(15)9(3)6-2/h9-12H,5-8H2,1-4H3/t9?,10-,11+,12?/m0/s1. The maximum Gasteiger partial charge on any atom is 0.313 e.